The number of likely N-dealkylation sites (tertiary alicyclic amines) is 1. The molecule has 0 aromatic heterocycles. The topological polar surface area (TPSA) is 106 Å². The molecule has 2 bridgehead atoms. The first-order chi connectivity index (χ1) is 17.9. The van der Waals surface area contributed by atoms with Gasteiger partial charge in [0.05, 0.1) is 44.3 Å². The van der Waals surface area contributed by atoms with Gasteiger partial charge in [-0.05, 0) is 49.9 Å². The van der Waals surface area contributed by atoms with Gasteiger partial charge in [-0.1, -0.05) is 19.1 Å². The lowest BCUT2D eigenvalue weighted by molar-refractivity contribution is -0.155. The van der Waals surface area contributed by atoms with Crippen molar-refractivity contribution >= 4 is 23.5 Å². The van der Waals surface area contributed by atoms with Crippen molar-refractivity contribution in [3.05, 3.63) is 49.6 Å². The van der Waals surface area contributed by atoms with E-state index in [0.717, 1.165) is 0 Å². The molecule has 200 valence electrons. The average molecular weight is 513 g/mol. The molecule has 2 amide bonds. The summed E-state index contributed by atoms with van der Waals surface area (Å²) in [6, 6.07) is 5.46. The van der Waals surface area contributed by atoms with E-state index in [0.29, 0.717) is 37.1 Å². The second kappa shape index (κ2) is 11.1. The summed E-state index contributed by atoms with van der Waals surface area (Å²) in [5.74, 6) is -2.17. The molecule has 1 aromatic rings. The van der Waals surface area contributed by atoms with Crippen LogP contribution in [0.3, 0.4) is 0 Å². The number of hydrogen-bond acceptors (Lipinski definition) is 7. The number of hydrogen-bond donors (Lipinski definition) is 1. The van der Waals surface area contributed by atoms with E-state index in [-0.39, 0.29) is 31.6 Å². The van der Waals surface area contributed by atoms with E-state index in [2.05, 4.69) is 13.2 Å². The third kappa shape index (κ3) is 4.44. The number of rotatable bonds is 12. The number of carbonyl (C=O) groups is 3. The fraction of sp³-hybridized carbons (Fsp3) is 0.536. The highest BCUT2D eigenvalue weighted by Gasteiger charge is 2.75. The molecule has 1 spiro atoms. The first kappa shape index (κ1) is 26.9. The predicted octanol–water partition coefficient (Wildman–Crippen LogP) is 2.48. The lowest BCUT2D eigenvalue weighted by Gasteiger charge is -2.39. The second-order valence-electron chi connectivity index (χ2n) is 9.73. The maximum atomic E-state index is 14.4. The summed E-state index contributed by atoms with van der Waals surface area (Å²) in [6.45, 7) is 9.38. The first-order valence-electron chi connectivity index (χ1n) is 12.8. The third-order valence-corrected chi connectivity index (χ3v) is 7.85. The van der Waals surface area contributed by atoms with Crippen LogP contribution in [0, 0.1) is 11.8 Å². The number of methoxy groups -OCH3 is 1. The summed E-state index contributed by atoms with van der Waals surface area (Å²) in [7, 11) is 1.57. The lowest BCUT2D eigenvalue weighted by atomic mass is 9.70. The Labute approximate surface area is 217 Å². The standard InChI is InChI=1S/C28H36N2O7/c1-5-8-16-36-27(34)22-21-13-14-28(37-21)23(22)25(32)30(18(7-3)17-31)24(28)26(33)29(15-6-2)19-9-11-20(35-4)12-10-19/h5-6,9-12,18,21-24,31H,1-2,7-8,13-17H2,3-4H3/t18-,21+,22-,23-,24?,28?/m0/s1. The van der Waals surface area contributed by atoms with Gasteiger partial charge in [-0.15, -0.1) is 13.2 Å². The minimum atomic E-state index is -1.17. The smallest absolute Gasteiger partial charge is 0.312 e. The van der Waals surface area contributed by atoms with Crippen molar-refractivity contribution < 1.29 is 33.7 Å². The number of ether oxygens (including phenoxy) is 3. The Bertz CT molecular complexity index is 1040. The van der Waals surface area contributed by atoms with E-state index in [4.69, 9.17) is 14.2 Å². The molecule has 37 heavy (non-hydrogen) atoms. The van der Waals surface area contributed by atoms with Crippen LogP contribution in [0.1, 0.15) is 32.6 Å². The van der Waals surface area contributed by atoms with Crippen LogP contribution >= 0.6 is 0 Å². The number of benzene rings is 1. The van der Waals surface area contributed by atoms with Crippen LogP contribution in [0.4, 0.5) is 5.69 Å². The monoisotopic (exact) mass is 512 g/mol. The average Bonchev–Trinajstić information content (AvgIpc) is 3.56. The molecule has 3 fully saturated rings. The number of nitrogens with zero attached hydrogens (tertiary/aromatic N) is 2. The molecule has 1 N–H and O–H groups in total. The summed E-state index contributed by atoms with van der Waals surface area (Å²) in [4.78, 5) is 44.5. The summed E-state index contributed by atoms with van der Waals surface area (Å²) in [6.07, 6.45) is 4.73. The zero-order valence-electron chi connectivity index (χ0n) is 21.5. The van der Waals surface area contributed by atoms with Gasteiger partial charge in [0, 0.05) is 12.2 Å². The largest absolute Gasteiger partial charge is 0.497 e. The minimum Gasteiger partial charge on any atom is -0.497 e. The van der Waals surface area contributed by atoms with Crippen LogP contribution in [-0.4, -0.2) is 78.4 Å². The van der Waals surface area contributed by atoms with Gasteiger partial charge in [-0.3, -0.25) is 14.4 Å². The highest BCUT2D eigenvalue weighted by Crippen LogP contribution is 2.59. The van der Waals surface area contributed by atoms with E-state index < -0.39 is 41.6 Å². The zero-order valence-corrected chi connectivity index (χ0v) is 21.5. The Balaban J connectivity index is 1.75. The maximum absolute atomic E-state index is 14.4. The summed E-state index contributed by atoms with van der Waals surface area (Å²) >= 11 is 0. The molecule has 4 rings (SSSR count). The quantitative estimate of drug-likeness (QED) is 0.261. The minimum absolute atomic E-state index is 0.171. The van der Waals surface area contributed by atoms with Gasteiger partial charge in [0.1, 0.15) is 17.4 Å². The second-order valence-corrected chi connectivity index (χ2v) is 9.73. The Kier molecular flexibility index (Phi) is 8.04. The van der Waals surface area contributed by atoms with Crippen LogP contribution in [0.5, 0.6) is 5.75 Å². The fourth-order valence-corrected chi connectivity index (χ4v) is 6.15. The van der Waals surface area contributed by atoms with Crippen LogP contribution < -0.4 is 9.64 Å². The van der Waals surface area contributed by atoms with E-state index in [9.17, 15) is 19.5 Å². The van der Waals surface area contributed by atoms with Gasteiger partial charge in [0.15, 0.2) is 0 Å². The van der Waals surface area contributed by atoms with Crippen molar-refractivity contribution in [2.24, 2.45) is 11.8 Å². The highest BCUT2D eigenvalue weighted by atomic mass is 16.6. The number of carbonyl (C=O) groups excluding carboxylic acids is 3. The molecule has 3 heterocycles. The Morgan fingerprint density at radius 2 is 2.03 bits per heavy atom. The number of amides is 2. The zero-order chi connectivity index (χ0) is 26.7. The van der Waals surface area contributed by atoms with E-state index >= 15 is 0 Å². The number of fused-ring (bicyclic) bond motifs is 1. The van der Waals surface area contributed by atoms with Crippen molar-refractivity contribution in [3.63, 3.8) is 0 Å². The van der Waals surface area contributed by atoms with Crippen molar-refractivity contribution in [2.45, 2.75) is 56.4 Å². The molecule has 6 atom stereocenters. The lowest BCUT2D eigenvalue weighted by Crippen LogP contribution is -2.59. The highest BCUT2D eigenvalue weighted by molar-refractivity contribution is 6.04. The summed E-state index contributed by atoms with van der Waals surface area (Å²) in [5, 5.41) is 10.2. The molecule has 2 unspecified atom stereocenters. The Morgan fingerprint density at radius 1 is 1.30 bits per heavy atom. The predicted molar refractivity (Wildman–Crippen MR) is 137 cm³/mol. The van der Waals surface area contributed by atoms with Gasteiger partial charge in [-0.25, -0.2) is 0 Å². The van der Waals surface area contributed by atoms with Crippen molar-refractivity contribution in [3.8, 4) is 5.75 Å². The van der Waals surface area contributed by atoms with E-state index in [1.165, 1.54) is 4.90 Å². The Morgan fingerprint density at radius 3 is 2.62 bits per heavy atom. The van der Waals surface area contributed by atoms with Gasteiger partial charge in [0.25, 0.3) is 5.91 Å². The molecule has 3 saturated heterocycles. The summed E-state index contributed by atoms with van der Waals surface area (Å²) < 4.78 is 17.2. The van der Waals surface area contributed by atoms with Gasteiger partial charge >= 0.3 is 5.97 Å². The van der Waals surface area contributed by atoms with E-state index in [1.807, 2.05) is 6.92 Å². The van der Waals surface area contributed by atoms with E-state index in [1.54, 1.807) is 48.4 Å². The van der Waals surface area contributed by atoms with Crippen molar-refractivity contribution in [1.82, 2.24) is 4.90 Å². The third-order valence-electron chi connectivity index (χ3n) is 7.85. The molecule has 9 heteroatoms. The molecule has 0 saturated carbocycles. The van der Waals surface area contributed by atoms with Crippen molar-refractivity contribution in [2.75, 3.05) is 31.8 Å². The maximum Gasteiger partial charge on any atom is 0.312 e. The van der Waals surface area contributed by atoms with Gasteiger partial charge in [-0.2, -0.15) is 0 Å². The number of aliphatic hydroxyl groups is 1. The molecular formula is C28H36N2O7. The number of aliphatic hydroxyl groups excluding tert-OH is 1. The van der Waals surface area contributed by atoms with Crippen LogP contribution in [0.25, 0.3) is 0 Å². The Hall–Kier alpha value is -3.17. The fourth-order valence-electron chi connectivity index (χ4n) is 6.15. The SMILES string of the molecule is C=CCCOC(=O)[C@@H]1[C@H]2C(=O)N([C@@H](CC)CO)C(C(=O)N(CC=C)c3ccc(OC)cc3)C23CC[C@H]1O3. The van der Waals surface area contributed by atoms with Crippen LogP contribution in [-0.2, 0) is 23.9 Å². The number of anilines is 1. The first-order valence-corrected chi connectivity index (χ1v) is 12.8. The van der Waals surface area contributed by atoms with Crippen molar-refractivity contribution in [1.29, 1.82) is 0 Å². The van der Waals surface area contributed by atoms with Gasteiger partial charge < -0.3 is 29.1 Å². The van der Waals surface area contributed by atoms with Crippen LogP contribution in [0.15, 0.2) is 49.6 Å². The normalized spacial score (nSPS) is 28.5. The summed E-state index contributed by atoms with van der Waals surface area (Å²) in [5.41, 5.74) is -0.557. The molecular weight excluding hydrogens is 476 g/mol. The molecule has 3 aliphatic heterocycles. The number of esters is 1. The molecule has 0 aliphatic carbocycles. The molecule has 3 aliphatic rings. The molecule has 9 nitrogen and oxygen atoms in total. The van der Waals surface area contributed by atoms with Crippen LogP contribution in [0.2, 0.25) is 0 Å². The van der Waals surface area contributed by atoms with Gasteiger partial charge in [0.2, 0.25) is 5.91 Å². The molecule has 1 aromatic carbocycles. The molecule has 0 radical (unpaired) electrons.